The summed E-state index contributed by atoms with van der Waals surface area (Å²) in [5, 5.41) is 6.53. The van der Waals surface area contributed by atoms with Crippen molar-refractivity contribution >= 4 is 32.9 Å². The fourth-order valence-electron chi connectivity index (χ4n) is 2.79. The molecule has 5 aromatic rings. The van der Waals surface area contributed by atoms with Gasteiger partial charge in [0.1, 0.15) is 11.4 Å². The lowest BCUT2D eigenvalue weighted by Crippen LogP contribution is -2.20. The van der Waals surface area contributed by atoms with Gasteiger partial charge in [0, 0.05) is 4.88 Å². The Morgan fingerprint density at radius 2 is 1.96 bits per heavy atom. The molecule has 4 heterocycles. The van der Waals surface area contributed by atoms with Crippen molar-refractivity contribution < 1.29 is 4.52 Å². The van der Waals surface area contributed by atoms with E-state index >= 15 is 0 Å². The average molecular weight is 392 g/mol. The molecule has 132 valence electrons. The summed E-state index contributed by atoms with van der Waals surface area (Å²) in [6, 6.07) is 15.7. The van der Waals surface area contributed by atoms with E-state index in [0.717, 1.165) is 20.1 Å². The Balaban J connectivity index is 1.49. The van der Waals surface area contributed by atoms with E-state index < -0.39 is 0 Å². The van der Waals surface area contributed by atoms with Gasteiger partial charge >= 0.3 is 0 Å². The predicted octanol–water partition coefficient (Wildman–Crippen LogP) is 4.28. The minimum Gasteiger partial charge on any atom is -0.337 e. The summed E-state index contributed by atoms with van der Waals surface area (Å²) in [7, 11) is 0. The standard InChI is InChI=1S/C19H12N4O2S2/c24-19-13-9-15(12-5-2-1-3-6-12)27-18(13)20-11-23(19)10-16-21-17(22-25-16)14-7-4-8-26-14/h1-9,11H,10H2. The van der Waals surface area contributed by atoms with Crippen LogP contribution in [0.1, 0.15) is 5.89 Å². The summed E-state index contributed by atoms with van der Waals surface area (Å²) >= 11 is 3.04. The zero-order valence-corrected chi connectivity index (χ0v) is 15.5. The first-order chi connectivity index (χ1) is 13.3. The summed E-state index contributed by atoms with van der Waals surface area (Å²) in [4.78, 5) is 24.3. The van der Waals surface area contributed by atoms with Gasteiger partial charge in [0.2, 0.25) is 11.7 Å². The third-order valence-corrected chi connectivity index (χ3v) is 6.05. The first-order valence-electron chi connectivity index (χ1n) is 8.19. The molecule has 0 aliphatic heterocycles. The predicted molar refractivity (Wildman–Crippen MR) is 106 cm³/mol. The lowest BCUT2D eigenvalue weighted by molar-refractivity contribution is 0.370. The van der Waals surface area contributed by atoms with Crippen LogP contribution in [-0.2, 0) is 6.54 Å². The van der Waals surface area contributed by atoms with Gasteiger partial charge in [-0.05, 0) is 23.1 Å². The monoisotopic (exact) mass is 392 g/mol. The molecule has 1 aromatic carbocycles. The van der Waals surface area contributed by atoms with Crippen molar-refractivity contribution in [2.45, 2.75) is 6.54 Å². The van der Waals surface area contributed by atoms with Crippen molar-refractivity contribution in [2.75, 3.05) is 0 Å². The molecule has 27 heavy (non-hydrogen) atoms. The molecule has 0 unspecified atom stereocenters. The topological polar surface area (TPSA) is 73.8 Å². The summed E-state index contributed by atoms with van der Waals surface area (Å²) < 4.78 is 6.79. The van der Waals surface area contributed by atoms with E-state index in [1.54, 1.807) is 0 Å². The first kappa shape index (κ1) is 16.1. The van der Waals surface area contributed by atoms with E-state index in [0.29, 0.717) is 17.1 Å². The second-order valence-electron chi connectivity index (χ2n) is 5.86. The maximum absolute atomic E-state index is 12.9. The van der Waals surface area contributed by atoms with Crippen molar-refractivity contribution in [2.24, 2.45) is 0 Å². The molecule has 5 rings (SSSR count). The van der Waals surface area contributed by atoms with Crippen LogP contribution in [0.4, 0.5) is 0 Å². The lowest BCUT2D eigenvalue weighted by Gasteiger charge is -2.00. The maximum atomic E-state index is 12.9. The van der Waals surface area contributed by atoms with Crippen LogP contribution in [0.15, 0.2) is 69.6 Å². The Hall–Kier alpha value is -3.10. The smallest absolute Gasteiger partial charge is 0.262 e. The molecule has 0 aliphatic rings. The number of rotatable bonds is 4. The second kappa shape index (κ2) is 6.57. The Kier molecular flexibility index (Phi) is 3.92. The van der Waals surface area contributed by atoms with Crippen LogP contribution in [0.2, 0.25) is 0 Å². The molecule has 0 spiro atoms. The number of nitrogens with zero attached hydrogens (tertiary/aromatic N) is 4. The number of hydrogen-bond acceptors (Lipinski definition) is 7. The highest BCUT2D eigenvalue weighted by atomic mass is 32.1. The highest BCUT2D eigenvalue weighted by Crippen LogP contribution is 2.30. The minimum atomic E-state index is -0.116. The van der Waals surface area contributed by atoms with Crippen molar-refractivity contribution in [1.82, 2.24) is 19.7 Å². The normalized spacial score (nSPS) is 11.3. The zero-order chi connectivity index (χ0) is 18.2. The first-order valence-corrected chi connectivity index (χ1v) is 9.88. The van der Waals surface area contributed by atoms with Crippen LogP contribution in [0.25, 0.3) is 31.4 Å². The molecule has 8 heteroatoms. The number of fused-ring (bicyclic) bond motifs is 1. The maximum Gasteiger partial charge on any atom is 0.262 e. The molecule has 0 bridgehead atoms. The van der Waals surface area contributed by atoms with E-state index in [9.17, 15) is 4.79 Å². The van der Waals surface area contributed by atoms with Crippen LogP contribution < -0.4 is 5.56 Å². The van der Waals surface area contributed by atoms with Crippen molar-refractivity contribution in [3.05, 3.63) is 76.5 Å². The number of hydrogen-bond donors (Lipinski definition) is 0. The van der Waals surface area contributed by atoms with Gasteiger partial charge in [0.15, 0.2) is 0 Å². The second-order valence-corrected chi connectivity index (χ2v) is 7.84. The molecule has 0 aliphatic carbocycles. The molecule has 4 aromatic heterocycles. The molecule has 6 nitrogen and oxygen atoms in total. The van der Waals surface area contributed by atoms with Crippen LogP contribution in [0.5, 0.6) is 0 Å². The van der Waals surface area contributed by atoms with Crippen molar-refractivity contribution in [3.63, 3.8) is 0 Å². The molecule has 0 saturated carbocycles. The summed E-state index contributed by atoms with van der Waals surface area (Å²) in [5.41, 5.74) is 0.957. The number of thiophene rings is 2. The highest BCUT2D eigenvalue weighted by Gasteiger charge is 2.14. The minimum absolute atomic E-state index is 0.116. The Bertz CT molecular complexity index is 1270. The fraction of sp³-hybridized carbons (Fsp3) is 0.0526. The molecule has 0 radical (unpaired) electrons. The van der Waals surface area contributed by atoms with Crippen molar-refractivity contribution in [1.29, 1.82) is 0 Å². The Morgan fingerprint density at radius 1 is 1.07 bits per heavy atom. The van der Waals surface area contributed by atoms with Gasteiger partial charge in [-0.1, -0.05) is 41.6 Å². The molecule has 0 N–H and O–H groups in total. The molecular weight excluding hydrogens is 380 g/mol. The zero-order valence-electron chi connectivity index (χ0n) is 13.9. The molecule has 0 fully saturated rings. The van der Waals surface area contributed by atoms with Gasteiger partial charge < -0.3 is 4.52 Å². The largest absolute Gasteiger partial charge is 0.337 e. The third-order valence-electron chi connectivity index (χ3n) is 4.09. The van der Waals surface area contributed by atoms with Crippen LogP contribution in [-0.4, -0.2) is 19.7 Å². The van der Waals surface area contributed by atoms with E-state index in [-0.39, 0.29) is 12.1 Å². The van der Waals surface area contributed by atoms with E-state index in [1.165, 1.54) is 33.6 Å². The van der Waals surface area contributed by atoms with Crippen LogP contribution >= 0.6 is 22.7 Å². The summed E-state index contributed by atoms with van der Waals surface area (Å²) in [6.45, 7) is 0.191. The van der Waals surface area contributed by atoms with Crippen LogP contribution in [0.3, 0.4) is 0 Å². The van der Waals surface area contributed by atoms with Crippen LogP contribution in [0, 0.1) is 0 Å². The van der Waals surface area contributed by atoms with Gasteiger partial charge in [0.25, 0.3) is 5.56 Å². The van der Waals surface area contributed by atoms with Gasteiger partial charge in [-0.3, -0.25) is 9.36 Å². The number of aromatic nitrogens is 4. The molecular formula is C19H12N4O2S2. The molecule has 0 atom stereocenters. The quantitative estimate of drug-likeness (QED) is 0.456. The number of benzene rings is 1. The SMILES string of the molecule is O=c1c2cc(-c3ccccc3)sc2ncn1Cc1nc(-c2cccs2)no1. The Morgan fingerprint density at radius 3 is 2.78 bits per heavy atom. The fourth-order valence-corrected chi connectivity index (χ4v) is 4.43. The average Bonchev–Trinajstić information content (AvgIpc) is 3.45. The lowest BCUT2D eigenvalue weighted by atomic mass is 10.2. The van der Waals surface area contributed by atoms with E-state index in [1.807, 2.05) is 53.9 Å². The van der Waals surface area contributed by atoms with Gasteiger partial charge in [0.05, 0.1) is 16.6 Å². The summed E-state index contributed by atoms with van der Waals surface area (Å²) in [6.07, 6.45) is 1.53. The van der Waals surface area contributed by atoms with E-state index in [4.69, 9.17) is 4.52 Å². The van der Waals surface area contributed by atoms with Gasteiger partial charge in [-0.2, -0.15) is 4.98 Å². The van der Waals surface area contributed by atoms with Gasteiger partial charge in [-0.25, -0.2) is 4.98 Å². The summed E-state index contributed by atoms with van der Waals surface area (Å²) in [5.74, 6) is 0.907. The molecule has 0 saturated heterocycles. The van der Waals surface area contributed by atoms with Crippen molar-refractivity contribution in [3.8, 4) is 21.1 Å². The third kappa shape index (κ3) is 2.98. The van der Waals surface area contributed by atoms with Gasteiger partial charge in [-0.15, -0.1) is 22.7 Å². The Labute approximate surface area is 161 Å². The highest BCUT2D eigenvalue weighted by molar-refractivity contribution is 7.21. The molecule has 0 amide bonds. The van der Waals surface area contributed by atoms with E-state index in [2.05, 4.69) is 15.1 Å².